The van der Waals surface area contributed by atoms with Crippen LogP contribution in [0.25, 0.3) is 0 Å². The standard InChI is InChI=1S/C23H28F3N3O3S/c1-3-28(4-2)19-11-9-18(10-12-19)27-22(30)17-13-15-29(16-14-17)33(31,32)21-8-6-5-7-20(21)23(24,25)26/h5-12,17H,3-4,13-16H2,1-2H3,(H,27,30). The molecule has 0 atom stereocenters. The molecule has 0 aliphatic carbocycles. The minimum absolute atomic E-state index is 0.0203. The summed E-state index contributed by atoms with van der Waals surface area (Å²) in [5, 5.41) is 2.85. The summed E-state index contributed by atoms with van der Waals surface area (Å²) >= 11 is 0. The average molecular weight is 484 g/mol. The van der Waals surface area contributed by atoms with Gasteiger partial charge in [-0.1, -0.05) is 12.1 Å². The van der Waals surface area contributed by atoms with Gasteiger partial charge in [0, 0.05) is 43.5 Å². The Morgan fingerprint density at radius 1 is 1.03 bits per heavy atom. The Labute approximate surface area is 192 Å². The van der Waals surface area contributed by atoms with Gasteiger partial charge in [0.15, 0.2) is 0 Å². The fourth-order valence-electron chi connectivity index (χ4n) is 4.01. The van der Waals surface area contributed by atoms with Crippen molar-refractivity contribution in [2.24, 2.45) is 5.92 Å². The summed E-state index contributed by atoms with van der Waals surface area (Å²) in [5.74, 6) is -0.643. The van der Waals surface area contributed by atoms with Gasteiger partial charge in [-0.2, -0.15) is 17.5 Å². The lowest BCUT2D eigenvalue weighted by Gasteiger charge is -2.31. The molecule has 0 unspecified atom stereocenters. The third-order valence-corrected chi connectivity index (χ3v) is 7.86. The number of piperidine rings is 1. The van der Waals surface area contributed by atoms with Gasteiger partial charge in [-0.25, -0.2) is 8.42 Å². The fourth-order valence-corrected chi connectivity index (χ4v) is 5.69. The normalized spacial score (nSPS) is 15.9. The van der Waals surface area contributed by atoms with Gasteiger partial charge in [0.05, 0.1) is 10.5 Å². The molecule has 0 radical (unpaired) electrons. The van der Waals surface area contributed by atoms with Gasteiger partial charge in [0.25, 0.3) is 0 Å². The number of nitrogens with one attached hydrogen (secondary N) is 1. The Morgan fingerprint density at radius 2 is 1.61 bits per heavy atom. The minimum atomic E-state index is -4.78. The third-order valence-electron chi connectivity index (χ3n) is 5.90. The first-order valence-electron chi connectivity index (χ1n) is 10.9. The van der Waals surface area contributed by atoms with E-state index in [1.165, 1.54) is 6.07 Å². The van der Waals surface area contributed by atoms with Crippen molar-refractivity contribution >= 4 is 27.3 Å². The molecule has 3 rings (SSSR count). The fraction of sp³-hybridized carbons (Fsp3) is 0.435. The lowest BCUT2D eigenvalue weighted by molar-refractivity contribution is -0.139. The van der Waals surface area contributed by atoms with Crippen molar-refractivity contribution < 1.29 is 26.4 Å². The number of anilines is 2. The maximum Gasteiger partial charge on any atom is 0.417 e. The topological polar surface area (TPSA) is 69.7 Å². The van der Waals surface area contributed by atoms with Crippen LogP contribution in [0.15, 0.2) is 53.4 Å². The number of halogens is 3. The highest BCUT2D eigenvalue weighted by molar-refractivity contribution is 7.89. The maximum atomic E-state index is 13.3. The van der Waals surface area contributed by atoms with Crippen molar-refractivity contribution in [3.8, 4) is 0 Å². The highest BCUT2D eigenvalue weighted by atomic mass is 32.2. The zero-order valence-corrected chi connectivity index (χ0v) is 19.4. The van der Waals surface area contributed by atoms with Crippen molar-refractivity contribution in [2.45, 2.75) is 37.8 Å². The largest absolute Gasteiger partial charge is 0.417 e. The number of alkyl halides is 3. The number of carbonyl (C=O) groups excluding carboxylic acids is 1. The molecular weight excluding hydrogens is 455 g/mol. The van der Waals surface area contributed by atoms with E-state index in [-0.39, 0.29) is 31.8 Å². The number of hydrogen-bond acceptors (Lipinski definition) is 4. The number of amides is 1. The monoisotopic (exact) mass is 483 g/mol. The second kappa shape index (κ2) is 10.1. The Bertz CT molecular complexity index is 1060. The van der Waals surface area contributed by atoms with Crippen molar-refractivity contribution in [3.05, 3.63) is 54.1 Å². The number of carbonyl (C=O) groups is 1. The highest BCUT2D eigenvalue weighted by Gasteiger charge is 2.40. The van der Waals surface area contributed by atoms with Crippen molar-refractivity contribution in [2.75, 3.05) is 36.4 Å². The van der Waals surface area contributed by atoms with Crippen LogP contribution in [0.5, 0.6) is 0 Å². The number of hydrogen-bond donors (Lipinski definition) is 1. The molecule has 2 aromatic carbocycles. The molecule has 1 N–H and O–H groups in total. The zero-order valence-electron chi connectivity index (χ0n) is 18.6. The Morgan fingerprint density at radius 3 is 2.15 bits per heavy atom. The molecule has 180 valence electrons. The summed E-state index contributed by atoms with van der Waals surface area (Å²) in [4.78, 5) is 14.1. The van der Waals surface area contributed by atoms with Gasteiger partial charge in [-0.3, -0.25) is 4.79 Å². The van der Waals surface area contributed by atoms with Crippen LogP contribution in [0.2, 0.25) is 0 Å². The molecule has 0 bridgehead atoms. The van der Waals surface area contributed by atoms with E-state index in [9.17, 15) is 26.4 Å². The molecule has 33 heavy (non-hydrogen) atoms. The number of nitrogens with zero attached hydrogens (tertiary/aromatic N) is 2. The van der Waals surface area contributed by atoms with Gasteiger partial charge < -0.3 is 10.2 Å². The van der Waals surface area contributed by atoms with Gasteiger partial charge in [0.2, 0.25) is 15.9 Å². The first-order chi connectivity index (χ1) is 15.6. The molecule has 0 saturated carbocycles. The van der Waals surface area contributed by atoms with E-state index in [1.807, 2.05) is 24.3 Å². The summed E-state index contributed by atoms with van der Waals surface area (Å²) in [6.07, 6.45) is -4.31. The van der Waals surface area contributed by atoms with Gasteiger partial charge >= 0.3 is 6.18 Å². The summed E-state index contributed by atoms with van der Waals surface area (Å²) in [6, 6.07) is 11.7. The first-order valence-corrected chi connectivity index (χ1v) is 12.3. The molecule has 1 aliphatic rings. The molecular formula is C23H28F3N3O3S. The van der Waals surface area contributed by atoms with E-state index in [2.05, 4.69) is 24.1 Å². The van der Waals surface area contributed by atoms with E-state index in [0.29, 0.717) is 5.69 Å². The van der Waals surface area contributed by atoms with Gasteiger partial charge in [-0.15, -0.1) is 0 Å². The first kappa shape index (κ1) is 25.0. The second-order valence-corrected chi connectivity index (χ2v) is 9.79. The van der Waals surface area contributed by atoms with Crippen molar-refractivity contribution in [1.82, 2.24) is 4.31 Å². The molecule has 1 fully saturated rings. The number of sulfonamides is 1. The van der Waals surface area contributed by atoms with Crippen molar-refractivity contribution in [1.29, 1.82) is 0 Å². The summed E-state index contributed by atoms with van der Waals surface area (Å²) in [6.45, 7) is 5.83. The molecule has 10 heteroatoms. The summed E-state index contributed by atoms with van der Waals surface area (Å²) < 4.78 is 66.7. The van der Waals surface area contributed by atoms with Gasteiger partial charge in [-0.05, 0) is 63.1 Å². The van der Waals surface area contributed by atoms with Crippen LogP contribution in [0.1, 0.15) is 32.3 Å². The molecule has 6 nitrogen and oxygen atoms in total. The molecule has 1 amide bonds. The van der Waals surface area contributed by atoms with Crippen LogP contribution in [-0.4, -0.2) is 44.8 Å². The average Bonchev–Trinajstić information content (AvgIpc) is 2.80. The maximum absolute atomic E-state index is 13.3. The smallest absolute Gasteiger partial charge is 0.372 e. The van der Waals surface area contributed by atoms with E-state index in [4.69, 9.17) is 0 Å². The minimum Gasteiger partial charge on any atom is -0.372 e. The Kier molecular flexibility index (Phi) is 7.69. The predicted octanol–water partition coefficient (Wildman–Crippen LogP) is 4.59. The molecule has 1 heterocycles. The predicted molar refractivity (Wildman–Crippen MR) is 122 cm³/mol. The third kappa shape index (κ3) is 5.67. The molecule has 2 aromatic rings. The SMILES string of the molecule is CCN(CC)c1ccc(NC(=O)C2CCN(S(=O)(=O)c3ccccc3C(F)(F)F)CC2)cc1. The summed E-state index contributed by atoms with van der Waals surface area (Å²) in [7, 11) is -4.32. The lowest BCUT2D eigenvalue weighted by atomic mass is 9.97. The molecule has 0 aromatic heterocycles. The van der Waals surface area contributed by atoms with E-state index in [1.54, 1.807) is 0 Å². The van der Waals surface area contributed by atoms with E-state index in [0.717, 1.165) is 41.3 Å². The van der Waals surface area contributed by atoms with Crippen molar-refractivity contribution in [3.63, 3.8) is 0 Å². The lowest BCUT2D eigenvalue weighted by Crippen LogP contribution is -2.41. The molecule has 1 saturated heterocycles. The van der Waals surface area contributed by atoms with Crippen LogP contribution in [0.3, 0.4) is 0 Å². The summed E-state index contributed by atoms with van der Waals surface area (Å²) in [5.41, 5.74) is 0.513. The van der Waals surface area contributed by atoms with Crippen LogP contribution in [0.4, 0.5) is 24.5 Å². The molecule has 1 aliphatic heterocycles. The highest BCUT2D eigenvalue weighted by Crippen LogP contribution is 2.36. The second-order valence-electron chi connectivity index (χ2n) is 7.88. The zero-order chi connectivity index (χ0) is 24.2. The van der Waals surface area contributed by atoms with Crippen LogP contribution in [0, 0.1) is 5.92 Å². The number of rotatable bonds is 7. The Hall–Kier alpha value is -2.59. The van der Waals surface area contributed by atoms with Crippen LogP contribution < -0.4 is 10.2 Å². The number of benzene rings is 2. The van der Waals surface area contributed by atoms with Crippen LogP contribution >= 0.6 is 0 Å². The quantitative estimate of drug-likeness (QED) is 0.626. The Balaban J connectivity index is 1.63. The molecule has 0 spiro atoms. The van der Waals surface area contributed by atoms with Crippen LogP contribution in [-0.2, 0) is 21.0 Å². The van der Waals surface area contributed by atoms with E-state index < -0.39 is 32.6 Å². The van der Waals surface area contributed by atoms with E-state index >= 15 is 0 Å². The van der Waals surface area contributed by atoms with Gasteiger partial charge in [0.1, 0.15) is 0 Å².